The van der Waals surface area contributed by atoms with Crippen LogP contribution in [0.25, 0.3) is 5.57 Å². The van der Waals surface area contributed by atoms with Crippen LogP contribution in [0, 0.1) is 23.7 Å². The Balaban J connectivity index is 1.30. The van der Waals surface area contributed by atoms with E-state index in [-0.39, 0.29) is 0 Å². The molecular weight excluding hydrogens is 504 g/mol. The summed E-state index contributed by atoms with van der Waals surface area (Å²) in [7, 11) is 0. The second-order valence-corrected chi connectivity index (χ2v) is 12.8. The number of allylic oxidation sites excluding steroid dienone is 24. The van der Waals surface area contributed by atoms with Crippen molar-refractivity contribution in [3.8, 4) is 0 Å². The van der Waals surface area contributed by atoms with Gasteiger partial charge in [-0.25, -0.2) is 0 Å². The first-order valence-electron chi connectivity index (χ1n) is 16.2. The van der Waals surface area contributed by atoms with Gasteiger partial charge in [-0.15, -0.1) is 0 Å². The maximum Gasteiger partial charge on any atom is 0.0131 e. The van der Waals surface area contributed by atoms with Gasteiger partial charge in [-0.2, -0.15) is 0 Å². The van der Waals surface area contributed by atoms with Gasteiger partial charge in [0.1, 0.15) is 0 Å². The normalized spacial score (nSPS) is 29.7. The molecule has 0 saturated carbocycles. The van der Waals surface area contributed by atoms with Gasteiger partial charge in [-0.3, -0.25) is 0 Å². The van der Waals surface area contributed by atoms with Crippen LogP contribution >= 0.6 is 0 Å². The molecule has 0 radical (unpaired) electrons. The molecule has 0 nitrogen and oxygen atoms in total. The van der Waals surface area contributed by atoms with Gasteiger partial charge in [-0.1, -0.05) is 121 Å². The quantitative estimate of drug-likeness (QED) is 0.354. The highest BCUT2D eigenvalue weighted by Gasteiger charge is 2.40. The summed E-state index contributed by atoms with van der Waals surface area (Å²) in [6, 6.07) is 11.1. The summed E-state index contributed by atoms with van der Waals surface area (Å²) < 4.78 is 0. The number of rotatable bonds is 4. The largest absolute Gasteiger partial charge is 0.0842 e. The molecule has 8 rings (SSSR count). The zero-order valence-electron chi connectivity index (χ0n) is 24.5. The Morgan fingerprint density at radius 3 is 1.71 bits per heavy atom. The summed E-state index contributed by atoms with van der Waals surface area (Å²) in [5.74, 6) is 1.76. The van der Waals surface area contributed by atoms with E-state index in [0.717, 1.165) is 38.5 Å². The van der Waals surface area contributed by atoms with Crippen LogP contribution < -0.4 is 0 Å². The molecule has 0 fully saturated rings. The summed E-state index contributed by atoms with van der Waals surface area (Å²) in [4.78, 5) is 0. The Morgan fingerprint density at radius 1 is 0.524 bits per heavy atom. The van der Waals surface area contributed by atoms with Crippen LogP contribution in [0.15, 0.2) is 166 Å². The molecule has 0 N–H and O–H groups in total. The summed E-state index contributed by atoms with van der Waals surface area (Å²) in [5, 5.41) is 0. The Labute approximate surface area is 251 Å². The molecule has 0 spiro atoms. The first-order valence-corrected chi connectivity index (χ1v) is 16.2. The summed E-state index contributed by atoms with van der Waals surface area (Å²) in [6.45, 7) is 0. The minimum Gasteiger partial charge on any atom is -0.0842 e. The van der Waals surface area contributed by atoms with E-state index in [2.05, 4.69) is 121 Å². The maximum atomic E-state index is 2.73. The van der Waals surface area contributed by atoms with E-state index in [0.29, 0.717) is 23.7 Å². The third kappa shape index (κ3) is 4.62. The smallest absolute Gasteiger partial charge is 0.0131 e. The predicted octanol–water partition coefficient (Wildman–Crippen LogP) is 10.8. The van der Waals surface area contributed by atoms with Crippen molar-refractivity contribution >= 4 is 5.57 Å². The van der Waals surface area contributed by atoms with E-state index in [1.54, 1.807) is 44.6 Å². The van der Waals surface area contributed by atoms with Crippen molar-refractivity contribution in [1.29, 1.82) is 0 Å². The number of benzene rings is 1. The molecule has 208 valence electrons. The Kier molecular flexibility index (Phi) is 6.79. The average molecular weight is 545 g/mol. The van der Waals surface area contributed by atoms with Gasteiger partial charge in [0.05, 0.1) is 0 Å². The van der Waals surface area contributed by atoms with E-state index < -0.39 is 0 Å². The second-order valence-electron chi connectivity index (χ2n) is 12.8. The topological polar surface area (TPSA) is 0 Å². The predicted molar refractivity (Wildman–Crippen MR) is 177 cm³/mol. The van der Waals surface area contributed by atoms with Gasteiger partial charge in [0.2, 0.25) is 0 Å². The third-order valence-corrected chi connectivity index (χ3v) is 10.5. The fourth-order valence-electron chi connectivity index (χ4n) is 8.40. The van der Waals surface area contributed by atoms with Crippen molar-refractivity contribution in [2.24, 2.45) is 23.7 Å². The molecule has 0 aliphatic heterocycles. The summed E-state index contributed by atoms with van der Waals surface area (Å²) in [6.07, 6.45) is 45.4. The molecule has 0 heteroatoms. The lowest BCUT2D eigenvalue weighted by Crippen LogP contribution is -2.30. The van der Waals surface area contributed by atoms with Gasteiger partial charge >= 0.3 is 0 Å². The number of fused-ring (bicyclic) bond motifs is 3. The van der Waals surface area contributed by atoms with Gasteiger partial charge in [-0.05, 0) is 107 Å². The van der Waals surface area contributed by atoms with E-state index in [9.17, 15) is 0 Å². The lowest BCUT2D eigenvalue weighted by Gasteiger charge is -2.43. The number of hydrogen-bond acceptors (Lipinski definition) is 0. The fourth-order valence-corrected chi connectivity index (χ4v) is 8.40. The van der Waals surface area contributed by atoms with E-state index in [1.807, 2.05) is 0 Å². The fraction of sp³-hybridized carbons (Fsp3) is 0.286. The van der Waals surface area contributed by atoms with Crippen molar-refractivity contribution in [2.75, 3.05) is 0 Å². The highest BCUT2D eigenvalue weighted by molar-refractivity contribution is 5.74. The van der Waals surface area contributed by atoms with Crippen molar-refractivity contribution in [3.63, 3.8) is 0 Å². The van der Waals surface area contributed by atoms with Crippen LogP contribution in [-0.2, 0) is 0 Å². The van der Waals surface area contributed by atoms with Crippen molar-refractivity contribution in [1.82, 2.24) is 0 Å². The molecule has 0 bridgehead atoms. The summed E-state index contributed by atoms with van der Waals surface area (Å²) in [5.41, 5.74) is 15.7. The monoisotopic (exact) mass is 544 g/mol. The van der Waals surface area contributed by atoms with Crippen LogP contribution in [0.5, 0.6) is 0 Å². The number of hydrogen-bond donors (Lipinski definition) is 0. The molecule has 42 heavy (non-hydrogen) atoms. The van der Waals surface area contributed by atoms with Crippen LogP contribution in [-0.4, -0.2) is 0 Å². The highest BCUT2D eigenvalue weighted by Crippen LogP contribution is 2.54. The highest BCUT2D eigenvalue weighted by atomic mass is 14.4. The van der Waals surface area contributed by atoms with Crippen LogP contribution in [0.3, 0.4) is 0 Å². The molecule has 1 aromatic rings. The molecular formula is C42H40. The minimum absolute atomic E-state index is 0.398. The Bertz CT molecular complexity index is 1660. The first kappa shape index (κ1) is 25.8. The summed E-state index contributed by atoms with van der Waals surface area (Å²) >= 11 is 0. The van der Waals surface area contributed by atoms with Gasteiger partial charge in [0.15, 0.2) is 0 Å². The molecule has 0 saturated heterocycles. The average Bonchev–Trinajstić information content (AvgIpc) is 3.08. The Morgan fingerprint density at radius 2 is 1.14 bits per heavy atom. The molecule has 4 atom stereocenters. The standard InChI is InChI=1S/C42H40/c1-5-13-29(14-6-1)33-21-23-35-37(31-17-9-3-10-18-31)28-42-40-26-34(30-15-7-2-8-16-30)22-24-36(40)38(27-41(42)39(35)25-33)32-19-11-4-12-20-32/h1-7,9-15,17,19,25-28,31-32,41-42H,8,16,18,20-24H2. The van der Waals surface area contributed by atoms with E-state index >= 15 is 0 Å². The van der Waals surface area contributed by atoms with Gasteiger partial charge < -0.3 is 0 Å². The van der Waals surface area contributed by atoms with Gasteiger partial charge in [0, 0.05) is 23.7 Å². The lowest BCUT2D eigenvalue weighted by molar-refractivity contribution is 0.547. The van der Waals surface area contributed by atoms with Crippen LogP contribution in [0.1, 0.15) is 56.9 Å². The zero-order chi connectivity index (χ0) is 27.9. The van der Waals surface area contributed by atoms with Crippen LogP contribution in [0.2, 0.25) is 0 Å². The molecule has 4 unspecified atom stereocenters. The molecule has 7 aliphatic carbocycles. The molecule has 0 heterocycles. The molecule has 0 amide bonds. The molecule has 1 aromatic carbocycles. The lowest BCUT2D eigenvalue weighted by atomic mass is 9.61. The van der Waals surface area contributed by atoms with Crippen molar-refractivity contribution in [2.45, 2.75) is 51.4 Å². The van der Waals surface area contributed by atoms with Crippen molar-refractivity contribution in [3.05, 3.63) is 172 Å². The SMILES string of the molecule is C1=CCCC(C2=CC3=C(CC2)C(C2C=CC=CC2)=CC2C4=C(CCC(c5ccccc5)=C4)C(C4C=CC=CC4)=CC32)=C1. The van der Waals surface area contributed by atoms with E-state index in [4.69, 9.17) is 0 Å². The Hall–Kier alpha value is -3.90. The zero-order valence-corrected chi connectivity index (χ0v) is 24.5. The van der Waals surface area contributed by atoms with Crippen LogP contribution in [0.4, 0.5) is 0 Å². The van der Waals surface area contributed by atoms with Gasteiger partial charge in [0.25, 0.3) is 0 Å². The first-order chi connectivity index (χ1) is 20.8. The van der Waals surface area contributed by atoms with Crippen molar-refractivity contribution < 1.29 is 0 Å². The molecule has 0 aromatic heterocycles. The maximum absolute atomic E-state index is 2.73. The second kappa shape index (κ2) is 11.1. The minimum atomic E-state index is 0.398. The van der Waals surface area contributed by atoms with E-state index in [1.165, 1.54) is 24.0 Å². The molecule has 7 aliphatic rings. The third-order valence-electron chi connectivity index (χ3n) is 10.5.